The summed E-state index contributed by atoms with van der Waals surface area (Å²) in [5.74, 6) is -1.81. The Morgan fingerprint density at radius 2 is 1.89 bits per heavy atom. The molecule has 0 atom stereocenters. The van der Waals surface area contributed by atoms with Gasteiger partial charge in [-0.3, -0.25) is 0 Å². The number of carboxylic acid groups (broad SMARTS) is 1. The fraction of sp³-hybridized carbons (Fsp3) is 0.250. The highest BCUT2D eigenvalue weighted by atomic mass is 35.5. The van der Waals surface area contributed by atoms with E-state index in [1.54, 1.807) is 6.08 Å². The van der Waals surface area contributed by atoms with Crippen molar-refractivity contribution in [2.24, 2.45) is 0 Å². The second kappa shape index (κ2) is 9.27. The summed E-state index contributed by atoms with van der Waals surface area (Å²) < 4.78 is 41.5. The van der Waals surface area contributed by atoms with Crippen molar-refractivity contribution in [1.29, 1.82) is 0 Å². The van der Waals surface area contributed by atoms with E-state index in [-0.39, 0.29) is 12.4 Å². The molecule has 0 saturated carbocycles. The van der Waals surface area contributed by atoms with Gasteiger partial charge in [-0.1, -0.05) is 18.2 Å². The first-order chi connectivity index (χ1) is 8.32. The predicted molar refractivity (Wildman–Crippen MR) is 67.7 cm³/mol. The highest BCUT2D eigenvalue weighted by Gasteiger charge is 2.34. The van der Waals surface area contributed by atoms with Crippen molar-refractivity contribution in [2.75, 3.05) is 6.61 Å². The molecule has 1 aromatic rings. The Labute approximate surface area is 115 Å². The Morgan fingerprint density at radius 3 is 2.32 bits per heavy atom. The van der Waals surface area contributed by atoms with Crippen LogP contribution in [0.25, 0.3) is 0 Å². The van der Waals surface area contributed by atoms with E-state index in [2.05, 4.69) is 11.3 Å². The maximum absolute atomic E-state index is 12.3. The van der Waals surface area contributed by atoms with Crippen LogP contribution in [0.4, 0.5) is 13.2 Å². The number of halogens is 4. The minimum atomic E-state index is -4.55. The van der Waals surface area contributed by atoms with Crippen LogP contribution in [0.5, 0.6) is 5.75 Å². The van der Waals surface area contributed by atoms with E-state index < -0.39 is 30.1 Å². The summed E-state index contributed by atoms with van der Waals surface area (Å²) in [6.07, 6.45) is -2.80. The van der Waals surface area contributed by atoms with Gasteiger partial charge in [-0.15, -0.1) is 19.0 Å². The Bertz CT molecular complexity index is 405. The number of alkyl halides is 3. The minimum absolute atomic E-state index is 0. The molecule has 7 heteroatoms. The highest BCUT2D eigenvalue weighted by Crippen LogP contribution is 2.35. The van der Waals surface area contributed by atoms with Crippen molar-refractivity contribution in [3.63, 3.8) is 0 Å². The van der Waals surface area contributed by atoms with E-state index in [4.69, 9.17) is 5.11 Å². The Balaban J connectivity index is 0. The molecule has 0 saturated heterocycles. The fourth-order valence-electron chi connectivity index (χ4n) is 0.966. The van der Waals surface area contributed by atoms with Gasteiger partial charge in [-0.2, -0.15) is 13.2 Å². The van der Waals surface area contributed by atoms with Crippen LogP contribution in [-0.2, 0) is 11.0 Å². The minimum Gasteiger partial charge on any atom is -0.481 e. The zero-order chi connectivity index (χ0) is 14.2. The molecule has 0 bridgehead atoms. The average Bonchev–Trinajstić information content (AvgIpc) is 2.26. The number of aliphatic carboxylic acids is 1. The first-order valence-electron chi connectivity index (χ1n) is 4.90. The molecule has 0 aliphatic heterocycles. The lowest BCUT2D eigenvalue weighted by Gasteiger charge is -2.12. The van der Waals surface area contributed by atoms with Gasteiger partial charge in [-0.05, 0) is 19.1 Å². The van der Waals surface area contributed by atoms with E-state index in [0.717, 1.165) is 12.1 Å². The molecule has 0 aliphatic rings. The standard InChI is InChI=1S/C9H7F3O3.C3H6.ClH/c10-9(11,12)6-3-1-2-4-7(6)15-5-8(13)14;1-3-2;/h1-4H,5H2,(H,13,14);3H,1H2,2H3;1H. The monoisotopic (exact) mass is 298 g/mol. The molecule has 0 heterocycles. The molecule has 19 heavy (non-hydrogen) atoms. The maximum atomic E-state index is 12.3. The second-order valence-electron chi connectivity index (χ2n) is 3.08. The second-order valence-corrected chi connectivity index (χ2v) is 3.08. The number of ether oxygens (including phenoxy) is 1. The van der Waals surface area contributed by atoms with E-state index in [9.17, 15) is 18.0 Å². The molecule has 1 aromatic carbocycles. The van der Waals surface area contributed by atoms with Gasteiger partial charge in [0.15, 0.2) is 6.61 Å². The summed E-state index contributed by atoms with van der Waals surface area (Å²) in [6, 6.07) is 4.45. The van der Waals surface area contributed by atoms with Crippen LogP contribution in [0.2, 0.25) is 0 Å². The van der Waals surface area contributed by atoms with Crippen LogP contribution in [0.3, 0.4) is 0 Å². The van der Waals surface area contributed by atoms with E-state index in [1.165, 1.54) is 12.1 Å². The van der Waals surface area contributed by atoms with Crippen molar-refractivity contribution in [3.8, 4) is 5.75 Å². The van der Waals surface area contributed by atoms with Gasteiger partial charge in [0.25, 0.3) is 0 Å². The van der Waals surface area contributed by atoms with Crippen LogP contribution in [-0.4, -0.2) is 17.7 Å². The third kappa shape index (κ3) is 8.10. The molecular formula is C12H14ClF3O3. The van der Waals surface area contributed by atoms with Crippen molar-refractivity contribution in [2.45, 2.75) is 13.1 Å². The van der Waals surface area contributed by atoms with E-state index in [0.29, 0.717) is 0 Å². The van der Waals surface area contributed by atoms with Gasteiger partial charge < -0.3 is 9.84 Å². The lowest BCUT2D eigenvalue weighted by atomic mass is 10.2. The van der Waals surface area contributed by atoms with Crippen LogP contribution < -0.4 is 4.74 Å². The summed E-state index contributed by atoms with van der Waals surface area (Å²) in [6.45, 7) is 4.45. The number of allylic oxidation sites excluding steroid dienone is 1. The molecule has 0 fully saturated rings. The maximum Gasteiger partial charge on any atom is 0.419 e. The van der Waals surface area contributed by atoms with Gasteiger partial charge in [0.2, 0.25) is 0 Å². The number of hydrogen-bond acceptors (Lipinski definition) is 2. The van der Waals surface area contributed by atoms with Crippen LogP contribution in [0, 0.1) is 0 Å². The largest absolute Gasteiger partial charge is 0.481 e. The molecule has 1 rings (SSSR count). The molecule has 1 N–H and O–H groups in total. The van der Waals surface area contributed by atoms with Crippen LogP contribution in [0.15, 0.2) is 36.9 Å². The summed E-state index contributed by atoms with van der Waals surface area (Å²) in [5, 5.41) is 8.26. The number of para-hydroxylation sites is 1. The molecule has 0 aliphatic carbocycles. The first kappa shape index (κ1) is 19.6. The van der Waals surface area contributed by atoms with Gasteiger partial charge in [0.1, 0.15) is 5.75 Å². The van der Waals surface area contributed by atoms with Crippen molar-refractivity contribution in [1.82, 2.24) is 0 Å². The zero-order valence-electron chi connectivity index (χ0n) is 10.1. The first-order valence-corrected chi connectivity index (χ1v) is 4.90. The van der Waals surface area contributed by atoms with Gasteiger partial charge >= 0.3 is 12.1 Å². The van der Waals surface area contributed by atoms with Gasteiger partial charge in [0.05, 0.1) is 5.56 Å². The molecule has 0 radical (unpaired) electrons. The van der Waals surface area contributed by atoms with E-state index in [1.807, 2.05) is 6.92 Å². The fourth-order valence-corrected chi connectivity index (χ4v) is 0.966. The SMILES string of the molecule is C=CC.Cl.O=C(O)COc1ccccc1C(F)(F)F. The highest BCUT2D eigenvalue weighted by molar-refractivity contribution is 5.85. The Morgan fingerprint density at radius 1 is 1.42 bits per heavy atom. The lowest BCUT2D eigenvalue weighted by Crippen LogP contribution is -2.13. The molecule has 0 spiro atoms. The van der Waals surface area contributed by atoms with Gasteiger partial charge in [-0.25, -0.2) is 4.79 Å². The Kier molecular flexibility index (Phi) is 9.58. The normalized spacial score (nSPS) is 9.47. The number of carbonyl (C=O) groups is 1. The van der Waals surface area contributed by atoms with Crippen LogP contribution >= 0.6 is 12.4 Å². The molecule has 0 unspecified atom stereocenters. The van der Waals surface area contributed by atoms with Crippen molar-refractivity contribution >= 4 is 18.4 Å². The summed E-state index contributed by atoms with van der Waals surface area (Å²) >= 11 is 0. The lowest BCUT2D eigenvalue weighted by molar-refractivity contribution is -0.143. The molecule has 3 nitrogen and oxygen atoms in total. The topological polar surface area (TPSA) is 46.5 Å². The van der Waals surface area contributed by atoms with Gasteiger partial charge in [0, 0.05) is 0 Å². The Hall–Kier alpha value is -1.69. The third-order valence-electron chi connectivity index (χ3n) is 1.54. The van der Waals surface area contributed by atoms with E-state index >= 15 is 0 Å². The number of carboxylic acids is 1. The summed E-state index contributed by atoms with van der Waals surface area (Å²) in [5.41, 5.74) is -0.980. The number of hydrogen-bond donors (Lipinski definition) is 1. The van der Waals surface area contributed by atoms with Crippen LogP contribution in [0.1, 0.15) is 12.5 Å². The average molecular weight is 299 g/mol. The zero-order valence-corrected chi connectivity index (χ0v) is 10.9. The molecular weight excluding hydrogens is 285 g/mol. The summed E-state index contributed by atoms with van der Waals surface area (Å²) in [7, 11) is 0. The van der Waals surface area contributed by atoms with Crippen molar-refractivity contribution < 1.29 is 27.8 Å². The predicted octanol–water partition coefficient (Wildman–Crippen LogP) is 3.78. The molecule has 0 aromatic heterocycles. The number of rotatable bonds is 3. The molecule has 0 amide bonds. The number of benzene rings is 1. The third-order valence-corrected chi connectivity index (χ3v) is 1.54. The molecule has 108 valence electrons. The summed E-state index contributed by atoms with van der Waals surface area (Å²) in [4.78, 5) is 10.1. The quantitative estimate of drug-likeness (QED) is 0.864. The van der Waals surface area contributed by atoms with Crippen molar-refractivity contribution in [3.05, 3.63) is 42.5 Å². The smallest absolute Gasteiger partial charge is 0.419 e.